The second kappa shape index (κ2) is 8.22. The van der Waals surface area contributed by atoms with Crippen molar-refractivity contribution in [1.82, 2.24) is 0 Å². The Hall–Kier alpha value is 0.755. The zero-order chi connectivity index (χ0) is 16.3. The van der Waals surface area contributed by atoms with Crippen LogP contribution in [0.4, 0.5) is 0 Å². The molecule has 7 nitrogen and oxygen atoms in total. The van der Waals surface area contributed by atoms with Gasteiger partial charge in [-0.3, -0.25) is 4.57 Å². The minimum Gasteiger partial charge on any atom is -0.387 e. The molecule has 0 bridgehead atoms. The lowest BCUT2D eigenvalue weighted by atomic mass is 9.82. The molecule has 2 aliphatic rings. The predicted molar refractivity (Wildman–Crippen MR) is 89.4 cm³/mol. The molecule has 2 heterocycles. The molecule has 0 aromatic carbocycles. The summed E-state index contributed by atoms with van der Waals surface area (Å²) in [5.41, 5.74) is -1.34. The van der Waals surface area contributed by atoms with Gasteiger partial charge in [-0.2, -0.15) is 0 Å². The molecule has 2 N–H and O–H groups in total. The van der Waals surface area contributed by atoms with Gasteiger partial charge in [-0.05, 0) is 6.92 Å². The van der Waals surface area contributed by atoms with E-state index in [2.05, 4.69) is 0 Å². The summed E-state index contributed by atoms with van der Waals surface area (Å²) in [6.07, 6.45) is -2.21. The van der Waals surface area contributed by atoms with Crippen LogP contribution in [-0.2, 0) is 23.1 Å². The van der Waals surface area contributed by atoms with Gasteiger partial charge in [0.2, 0.25) is 0 Å². The number of methoxy groups -OCH3 is 1. The van der Waals surface area contributed by atoms with Gasteiger partial charge in [-0.1, -0.05) is 21.6 Å². The molecule has 11 heteroatoms. The smallest absolute Gasteiger partial charge is 0.319 e. The van der Waals surface area contributed by atoms with Crippen molar-refractivity contribution < 1.29 is 33.3 Å². The van der Waals surface area contributed by atoms with Crippen LogP contribution in [0.15, 0.2) is 0 Å². The van der Waals surface area contributed by atoms with Crippen LogP contribution in [0, 0.1) is 0 Å². The van der Waals surface area contributed by atoms with E-state index in [0.717, 1.165) is 5.75 Å². The first kappa shape index (κ1) is 19.1. The molecule has 2 fully saturated rings. The lowest BCUT2D eigenvalue weighted by Gasteiger charge is -2.29. The van der Waals surface area contributed by atoms with Gasteiger partial charge in [-0.25, -0.2) is 0 Å². The Morgan fingerprint density at radius 1 is 1.41 bits per heavy atom. The maximum atomic E-state index is 11.9. The van der Waals surface area contributed by atoms with E-state index in [4.69, 9.17) is 18.5 Å². The van der Waals surface area contributed by atoms with E-state index < -0.39 is 32.1 Å². The minimum absolute atomic E-state index is 0.0916. The molecule has 0 amide bonds. The number of aliphatic hydroxyl groups is 2. The lowest BCUT2D eigenvalue weighted by molar-refractivity contribution is -0.0463. The average molecular weight is 372 g/mol. The average Bonchev–Trinajstić information content (AvgIpc) is 2.69. The molecule has 0 radical (unpaired) electrons. The van der Waals surface area contributed by atoms with Crippen molar-refractivity contribution in [2.45, 2.75) is 42.9 Å². The van der Waals surface area contributed by atoms with E-state index in [-0.39, 0.29) is 18.8 Å². The SMILES string of the molecule is B[C@@H]1O[C@H](CO[PH](=O)O[C@H]2CSSC[C@@H]2OC)[C@@H](O)[C@@]1(C)O. The molecule has 128 valence electrons. The van der Waals surface area contributed by atoms with Crippen molar-refractivity contribution in [3.8, 4) is 0 Å². The van der Waals surface area contributed by atoms with Crippen LogP contribution in [0.25, 0.3) is 0 Å². The zero-order valence-corrected chi connectivity index (χ0v) is 15.4. The van der Waals surface area contributed by atoms with E-state index in [9.17, 15) is 14.8 Å². The molecule has 2 saturated heterocycles. The van der Waals surface area contributed by atoms with Gasteiger partial charge < -0.3 is 28.7 Å². The summed E-state index contributed by atoms with van der Waals surface area (Å²) in [7, 11) is 3.88. The van der Waals surface area contributed by atoms with Crippen molar-refractivity contribution in [2.24, 2.45) is 0 Å². The Balaban J connectivity index is 1.78. The standard InChI is InChI=1S/C11H22BO7PS2/c1-11(14)9(13)6(18-10(11)12)3-17-20(15)19-8-5-22-21-4-7(8)16-2/h6-10,13-14,20H,3-5,12H2,1-2H3/t6-,7+,8+,9-,10-,11-/m1/s1. The van der Waals surface area contributed by atoms with Crippen LogP contribution in [0.3, 0.4) is 0 Å². The molecule has 0 aromatic heterocycles. The van der Waals surface area contributed by atoms with Crippen LogP contribution in [0.2, 0.25) is 0 Å². The molecule has 0 aliphatic carbocycles. The van der Waals surface area contributed by atoms with E-state index >= 15 is 0 Å². The highest BCUT2D eigenvalue weighted by atomic mass is 33.1. The summed E-state index contributed by atoms with van der Waals surface area (Å²) in [6, 6.07) is -0.524. The van der Waals surface area contributed by atoms with Crippen LogP contribution in [-0.4, -0.2) is 79.3 Å². The Labute approximate surface area is 139 Å². The van der Waals surface area contributed by atoms with Gasteiger partial charge in [-0.15, -0.1) is 0 Å². The summed E-state index contributed by atoms with van der Waals surface area (Å²) < 4.78 is 33.3. The number of rotatable bonds is 6. The second-order valence-electron chi connectivity index (χ2n) is 5.55. The first-order valence-electron chi connectivity index (χ1n) is 7.02. The third-order valence-electron chi connectivity index (χ3n) is 4.03. The van der Waals surface area contributed by atoms with Gasteiger partial charge in [0.1, 0.15) is 31.8 Å². The topological polar surface area (TPSA) is 94.5 Å². The highest BCUT2D eigenvalue weighted by Crippen LogP contribution is 2.38. The molecule has 7 atom stereocenters. The van der Waals surface area contributed by atoms with Gasteiger partial charge in [0.15, 0.2) is 0 Å². The first-order chi connectivity index (χ1) is 10.4. The van der Waals surface area contributed by atoms with Gasteiger partial charge in [0.05, 0.1) is 18.7 Å². The van der Waals surface area contributed by atoms with Crippen LogP contribution < -0.4 is 0 Å². The molecule has 2 aliphatic heterocycles. The maximum absolute atomic E-state index is 11.9. The Bertz CT molecular complexity index is 403. The third kappa shape index (κ3) is 4.43. The summed E-state index contributed by atoms with van der Waals surface area (Å²) >= 11 is 0. The summed E-state index contributed by atoms with van der Waals surface area (Å²) in [5, 5.41) is 20.0. The molecule has 0 saturated carbocycles. The maximum Gasteiger partial charge on any atom is 0.319 e. The van der Waals surface area contributed by atoms with Crippen LogP contribution in [0.1, 0.15) is 6.92 Å². The lowest BCUT2D eigenvalue weighted by Crippen LogP contribution is -2.46. The largest absolute Gasteiger partial charge is 0.387 e. The molecule has 0 spiro atoms. The van der Waals surface area contributed by atoms with E-state index in [0.29, 0.717) is 5.75 Å². The van der Waals surface area contributed by atoms with E-state index in [1.165, 1.54) is 6.92 Å². The quantitative estimate of drug-likeness (QED) is 0.369. The van der Waals surface area contributed by atoms with Gasteiger partial charge in [0.25, 0.3) is 0 Å². The number of ether oxygens (including phenoxy) is 2. The first-order valence-corrected chi connectivity index (χ1v) is 10.7. The third-order valence-corrected chi connectivity index (χ3v) is 7.34. The Morgan fingerprint density at radius 3 is 2.59 bits per heavy atom. The van der Waals surface area contributed by atoms with Crippen LogP contribution in [0.5, 0.6) is 0 Å². The van der Waals surface area contributed by atoms with Crippen molar-refractivity contribution >= 4 is 37.7 Å². The fourth-order valence-electron chi connectivity index (χ4n) is 2.30. The van der Waals surface area contributed by atoms with E-state index in [1.807, 2.05) is 0 Å². The van der Waals surface area contributed by atoms with Crippen molar-refractivity contribution in [2.75, 3.05) is 25.2 Å². The molecule has 0 aromatic rings. The number of hydrogen-bond acceptors (Lipinski definition) is 9. The molecule has 1 unspecified atom stereocenters. The van der Waals surface area contributed by atoms with Crippen molar-refractivity contribution in [1.29, 1.82) is 0 Å². The normalized spacial score (nSPS) is 44.1. The molecular weight excluding hydrogens is 350 g/mol. The second-order valence-corrected chi connectivity index (χ2v) is 9.12. The summed E-state index contributed by atoms with van der Waals surface area (Å²) in [4.78, 5) is 0. The minimum atomic E-state index is -2.72. The molecule has 2 rings (SSSR count). The summed E-state index contributed by atoms with van der Waals surface area (Å²) in [6.45, 7) is 1.41. The highest BCUT2D eigenvalue weighted by molar-refractivity contribution is 8.76. The number of aliphatic hydroxyl groups excluding tert-OH is 1. The Kier molecular flexibility index (Phi) is 7.13. The monoisotopic (exact) mass is 372 g/mol. The fourth-order valence-corrected chi connectivity index (χ4v) is 5.75. The van der Waals surface area contributed by atoms with Crippen molar-refractivity contribution in [3.05, 3.63) is 0 Å². The molecule has 22 heavy (non-hydrogen) atoms. The fraction of sp³-hybridized carbons (Fsp3) is 1.00. The van der Waals surface area contributed by atoms with Gasteiger partial charge in [0, 0.05) is 18.6 Å². The Morgan fingerprint density at radius 2 is 2.05 bits per heavy atom. The highest BCUT2D eigenvalue weighted by Gasteiger charge is 2.49. The van der Waals surface area contributed by atoms with Gasteiger partial charge >= 0.3 is 8.25 Å². The predicted octanol–water partition coefficient (Wildman–Crippen LogP) is -0.342. The zero-order valence-electron chi connectivity index (χ0n) is 12.8. The van der Waals surface area contributed by atoms with Crippen molar-refractivity contribution in [3.63, 3.8) is 0 Å². The van der Waals surface area contributed by atoms with E-state index in [1.54, 1.807) is 36.5 Å². The summed E-state index contributed by atoms with van der Waals surface area (Å²) in [5.74, 6) is 1.45. The molecular formula is C11H22BO7PS2. The number of hydrogen-bond donors (Lipinski definition) is 2. The van der Waals surface area contributed by atoms with Crippen LogP contribution >= 0.6 is 29.8 Å².